The van der Waals surface area contributed by atoms with Crippen LogP contribution >= 0.6 is 0 Å². The quantitative estimate of drug-likeness (QED) is 0.749. The Balaban J connectivity index is 2.00. The third-order valence-electron chi connectivity index (χ3n) is 2.97. The van der Waals surface area contributed by atoms with E-state index in [1.165, 1.54) is 18.9 Å². The van der Waals surface area contributed by atoms with Crippen LogP contribution in [0.4, 0.5) is 15.8 Å². The van der Waals surface area contributed by atoms with Crippen molar-refractivity contribution in [1.82, 2.24) is 0 Å². The van der Waals surface area contributed by atoms with Gasteiger partial charge in [0.2, 0.25) is 0 Å². The molecule has 0 radical (unpaired) electrons. The van der Waals surface area contributed by atoms with E-state index in [4.69, 9.17) is 10.5 Å². The van der Waals surface area contributed by atoms with E-state index in [-0.39, 0.29) is 5.75 Å². The van der Waals surface area contributed by atoms with Gasteiger partial charge in [-0.25, -0.2) is 4.39 Å². The van der Waals surface area contributed by atoms with E-state index < -0.39 is 5.82 Å². The minimum atomic E-state index is -0.405. The fourth-order valence-electron chi connectivity index (χ4n) is 1.81. The van der Waals surface area contributed by atoms with E-state index in [0.717, 1.165) is 24.6 Å². The molecule has 0 spiro atoms. The van der Waals surface area contributed by atoms with Crippen LogP contribution in [0.5, 0.6) is 5.75 Å². The van der Waals surface area contributed by atoms with E-state index in [1.807, 2.05) is 6.92 Å². The molecule has 0 aliphatic heterocycles. The van der Waals surface area contributed by atoms with Crippen LogP contribution in [0, 0.1) is 11.7 Å². The normalized spacial score (nSPS) is 14.7. The molecule has 17 heavy (non-hydrogen) atoms. The van der Waals surface area contributed by atoms with Crippen LogP contribution < -0.4 is 15.8 Å². The Morgan fingerprint density at radius 1 is 1.47 bits per heavy atom. The maximum absolute atomic E-state index is 13.4. The first kappa shape index (κ1) is 12.0. The predicted molar refractivity (Wildman–Crippen MR) is 67.8 cm³/mol. The third kappa shape index (κ3) is 3.25. The van der Waals surface area contributed by atoms with E-state index in [0.29, 0.717) is 12.3 Å². The number of halogens is 1. The van der Waals surface area contributed by atoms with Gasteiger partial charge in [0, 0.05) is 18.7 Å². The van der Waals surface area contributed by atoms with Gasteiger partial charge >= 0.3 is 0 Å². The van der Waals surface area contributed by atoms with Crippen molar-refractivity contribution in [3.63, 3.8) is 0 Å². The molecule has 0 atom stereocenters. The van der Waals surface area contributed by atoms with Crippen molar-refractivity contribution in [3.05, 3.63) is 17.9 Å². The smallest absolute Gasteiger partial charge is 0.167 e. The maximum Gasteiger partial charge on any atom is 0.167 e. The summed E-state index contributed by atoms with van der Waals surface area (Å²) in [6.45, 7) is 3.16. The zero-order valence-electron chi connectivity index (χ0n) is 10.1. The number of nitrogen functional groups attached to an aromatic ring is 1. The first-order chi connectivity index (χ1) is 8.20. The number of ether oxygens (including phenoxy) is 1. The lowest BCUT2D eigenvalue weighted by molar-refractivity contribution is 0.322. The van der Waals surface area contributed by atoms with Crippen LogP contribution in [0.2, 0.25) is 0 Å². The molecule has 3 nitrogen and oxygen atoms in total. The molecule has 0 saturated heterocycles. The fourth-order valence-corrected chi connectivity index (χ4v) is 1.81. The summed E-state index contributed by atoms with van der Waals surface area (Å²) < 4.78 is 18.6. The Bertz CT molecular complexity index is 391. The van der Waals surface area contributed by atoms with Crippen molar-refractivity contribution in [2.45, 2.75) is 26.2 Å². The van der Waals surface area contributed by atoms with Gasteiger partial charge in [-0.1, -0.05) is 12.8 Å². The molecule has 0 bridgehead atoms. The van der Waals surface area contributed by atoms with E-state index in [1.54, 1.807) is 6.07 Å². The number of benzene rings is 1. The zero-order valence-corrected chi connectivity index (χ0v) is 10.1. The van der Waals surface area contributed by atoms with Crippen molar-refractivity contribution in [1.29, 1.82) is 0 Å². The van der Waals surface area contributed by atoms with Gasteiger partial charge < -0.3 is 15.8 Å². The average Bonchev–Trinajstić information content (AvgIpc) is 3.08. The summed E-state index contributed by atoms with van der Waals surface area (Å²) in [7, 11) is 0. The van der Waals surface area contributed by atoms with Crippen LogP contribution in [-0.4, -0.2) is 13.2 Å². The molecule has 2 rings (SSSR count). The van der Waals surface area contributed by atoms with Crippen molar-refractivity contribution in [2.24, 2.45) is 5.92 Å². The lowest BCUT2D eigenvalue weighted by Crippen LogP contribution is -2.06. The SMILES string of the molecule is CCOc1cc(NCCC2CC2)c(N)cc1F. The first-order valence-electron chi connectivity index (χ1n) is 6.16. The Kier molecular flexibility index (Phi) is 3.71. The molecular formula is C13H19FN2O. The van der Waals surface area contributed by atoms with Crippen molar-refractivity contribution >= 4 is 11.4 Å². The molecule has 1 aliphatic carbocycles. The minimum absolute atomic E-state index is 0.260. The number of rotatable bonds is 6. The third-order valence-corrected chi connectivity index (χ3v) is 2.97. The first-order valence-corrected chi connectivity index (χ1v) is 6.16. The highest BCUT2D eigenvalue weighted by Gasteiger charge is 2.20. The molecule has 1 fully saturated rings. The highest BCUT2D eigenvalue weighted by atomic mass is 19.1. The Morgan fingerprint density at radius 3 is 2.88 bits per heavy atom. The van der Waals surface area contributed by atoms with Crippen LogP contribution in [-0.2, 0) is 0 Å². The topological polar surface area (TPSA) is 47.3 Å². The van der Waals surface area contributed by atoms with Gasteiger partial charge in [0.05, 0.1) is 18.0 Å². The summed E-state index contributed by atoms with van der Waals surface area (Å²) >= 11 is 0. The largest absolute Gasteiger partial charge is 0.491 e. The number of nitrogens with one attached hydrogen (secondary N) is 1. The molecule has 1 aliphatic rings. The van der Waals surface area contributed by atoms with Crippen molar-refractivity contribution < 1.29 is 9.13 Å². The van der Waals surface area contributed by atoms with Gasteiger partial charge in [-0.05, 0) is 19.3 Å². The molecule has 1 aromatic rings. The standard InChI is InChI=1S/C13H19FN2O/c1-2-17-13-8-12(11(15)7-10(13)14)16-6-5-9-3-4-9/h7-9,16H,2-6,15H2,1H3. The monoisotopic (exact) mass is 238 g/mol. The van der Waals surface area contributed by atoms with Gasteiger partial charge in [0.1, 0.15) is 0 Å². The Labute approximate surface area is 101 Å². The molecule has 4 heteroatoms. The number of anilines is 2. The van der Waals surface area contributed by atoms with Crippen LogP contribution in [0.25, 0.3) is 0 Å². The van der Waals surface area contributed by atoms with E-state index >= 15 is 0 Å². The molecule has 0 unspecified atom stereocenters. The summed E-state index contributed by atoms with van der Waals surface area (Å²) in [6.07, 6.45) is 3.83. The lowest BCUT2D eigenvalue weighted by Gasteiger charge is -2.12. The summed E-state index contributed by atoms with van der Waals surface area (Å²) in [5.41, 5.74) is 6.95. The molecule has 94 valence electrons. The highest BCUT2D eigenvalue weighted by molar-refractivity contribution is 5.68. The van der Waals surface area contributed by atoms with E-state index in [9.17, 15) is 4.39 Å². The van der Waals surface area contributed by atoms with Crippen molar-refractivity contribution in [3.8, 4) is 5.75 Å². The summed E-state index contributed by atoms with van der Waals surface area (Å²) in [6, 6.07) is 2.95. The lowest BCUT2D eigenvalue weighted by atomic mass is 10.2. The second-order valence-corrected chi connectivity index (χ2v) is 4.46. The average molecular weight is 238 g/mol. The van der Waals surface area contributed by atoms with Gasteiger partial charge in [-0.15, -0.1) is 0 Å². The summed E-state index contributed by atoms with van der Waals surface area (Å²) in [4.78, 5) is 0. The Hall–Kier alpha value is -1.45. The predicted octanol–water partition coefficient (Wildman–Crippen LogP) is 3.02. The molecular weight excluding hydrogens is 219 g/mol. The van der Waals surface area contributed by atoms with Gasteiger partial charge in [0.25, 0.3) is 0 Å². The van der Waals surface area contributed by atoms with Crippen LogP contribution in [0.1, 0.15) is 26.2 Å². The number of nitrogens with two attached hydrogens (primary N) is 1. The van der Waals surface area contributed by atoms with Gasteiger partial charge in [-0.2, -0.15) is 0 Å². The van der Waals surface area contributed by atoms with Gasteiger partial charge in [0.15, 0.2) is 11.6 Å². The molecule has 0 amide bonds. The molecule has 1 aromatic carbocycles. The molecule has 0 aromatic heterocycles. The van der Waals surface area contributed by atoms with Crippen LogP contribution in [0.15, 0.2) is 12.1 Å². The van der Waals surface area contributed by atoms with E-state index in [2.05, 4.69) is 5.32 Å². The highest BCUT2D eigenvalue weighted by Crippen LogP contribution is 2.33. The summed E-state index contributed by atoms with van der Waals surface area (Å²) in [5, 5.41) is 3.24. The van der Waals surface area contributed by atoms with Gasteiger partial charge in [-0.3, -0.25) is 0 Å². The second-order valence-electron chi connectivity index (χ2n) is 4.46. The fraction of sp³-hybridized carbons (Fsp3) is 0.538. The zero-order chi connectivity index (χ0) is 12.3. The molecule has 1 saturated carbocycles. The second kappa shape index (κ2) is 5.25. The van der Waals surface area contributed by atoms with Crippen molar-refractivity contribution in [2.75, 3.05) is 24.2 Å². The Morgan fingerprint density at radius 2 is 2.24 bits per heavy atom. The molecule has 3 N–H and O–H groups in total. The number of hydrogen-bond acceptors (Lipinski definition) is 3. The molecule has 0 heterocycles. The summed E-state index contributed by atoms with van der Waals surface area (Å²) in [5.74, 6) is 0.725. The number of hydrogen-bond donors (Lipinski definition) is 2. The van der Waals surface area contributed by atoms with Crippen LogP contribution in [0.3, 0.4) is 0 Å². The maximum atomic E-state index is 13.4. The minimum Gasteiger partial charge on any atom is -0.491 e.